The minimum Gasteiger partial charge on any atom is -0.489 e. The Morgan fingerprint density at radius 3 is 1.96 bits per heavy atom. The summed E-state index contributed by atoms with van der Waals surface area (Å²) in [6.07, 6.45) is 0.388. The Balaban J connectivity index is 0.000000238. The number of carbonyl (C=O) groups is 1. The predicted octanol–water partition coefficient (Wildman–Crippen LogP) is 6.94. The third kappa shape index (κ3) is 12.9. The zero-order valence-electron chi connectivity index (χ0n) is 28.9. The SMILES string of the molecule is C[C@@H](CN)NCc1ccc(OCc2ccccc2F)c(Cc2ccccc2F)c1.C[C@H](NCc1ccc(OCc2cccc(F)c2)cc1)C(N)=O. The van der Waals surface area contributed by atoms with Crippen molar-refractivity contribution in [3.8, 4) is 11.5 Å². The molecule has 0 fully saturated rings. The highest BCUT2D eigenvalue weighted by atomic mass is 19.1. The fourth-order valence-corrected chi connectivity index (χ4v) is 4.88. The molecule has 5 aromatic carbocycles. The van der Waals surface area contributed by atoms with E-state index in [-0.39, 0.29) is 42.0 Å². The molecular formula is C41H45F3N4O3. The van der Waals surface area contributed by atoms with Crippen molar-refractivity contribution in [2.75, 3.05) is 6.54 Å². The molecule has 0 radical (unpaired) electrons. The molecule has 0 unspecified atom stereocenters. The number of rotatable bonds is 16. The molecule has 10 heteroatoms. The van der Waals surface area contributed by atoms with Crippen molar-refractivity contribution in [3.05, 3.63) is 166 Å². The normalized spacial score (nSPS) is 12.0. The van der Waals surface area contributed by atoms with Crippen molar-refractivity contribution in [2.45, 2.75) is 58.7 Å². The molecule has 0 heterocycles. The molecule has 0 spiro atoms. The average molecular weight is 699 g/mol. The number of nitrogens with one attached hydrogen (secondary N) is 2. The molecule has 0 aliphatic rings. The number of halogens is 3. The van der Waals surface area contributed by atoms with Gasteiger partial charge in [-0.1, -0.05) is 72.8 Å². The van der Waals surface area contributed by atoms with Crippen LogP contribution in [0.25, 0.3) is 0 Å². The van der Waals surface area contributed by atoms with Gasteiger partial charge in [0.25, 0.3) is 0 Å². The van der Waals surface area contributed by atoms with E-state index in [4.69, 9.17) is 20.9 Å². The van der Waals surface area contributed by atoms with E-state index in [2.05, 4.69) is 10.6 Å². The fourth-order valence-electron chi connectivity index (χ4n) is 4.88. The number of nitrogens with two attached hydrogens (primary N) is 2. The number of benzene rings is 5. The second-order valence-electron chi connectivity index (χ2n) is 12.2. The molecule has 268 valence electrons. The summed E-state index contributed by atoms with van der Waals surface area (Å²) in [6, 6.07) is 32.7. The van der Waals surface area contributed by atoms with Gasteiger partial charge in [-0.3, -0.25) is 4.79 Å². The lowest BCUT2D eigenvalue weighted by Crippen LogP contribution is -2.38. The molecule has 0 aliphatic carbocycles. The summed E-state index contributed by atoms with van der Waals surface area (Å²) < 4.78 is 52.7. The second-order valence-corrected chi connectivity index (χ2v) is 12.2. The summed E-state index contributed by atoms with van der Waals surface area (Å²) in [4.78, 5) is 10.9. The van der Waals surface area contributed by atoms with Crippen LogP contribution in [0.5, 0.6) is 11.5 Å². The molecular weight excluding hydrogens is 653 g/mol. The standard InChI is InChI=1S/C24H26F2N2O.C17H19FN2O2/c1-17(14-27)28-15-18-10-11-24(29-16-20-7-3-5-9-23(20)26)21(12-18)13-19-6-2-4-8-22(19)25;1-12(17(19)21)20-10-13-5-7-16(8-6-13)22-11-14-3-2-4-15(18)9-14/h2-12,17,28H,13-16,27H2,1H3;2-9,12,20H,10-11H2,1H3,(H2,19,21)/t17-;12-/m00/s1. The van der Waals surface area contributed by atoms with Gasteiger partial charge in [-0.25, -0.2) is 13.2 Å². The first-order valence-electron chi connectivity index (χ1n) is 16.7. The Kier molecular flexibility index (Phi) is 15.1. The molecule has 5 aromatic rings. The largest absolute Gasteiger partial charge is 0.489 e. The van der Waals surface area contributed by atoms with E-state index in [9.17, 15) is 18.0 Å². The van der Waals surface area contributed by atoms with E-state index in [1.54, 1.807) is 43.3 Å². The van der Waals surface area contributed by atoms with Gasteiger partial charge >= 0.3 is 0 Å². The van der Waals surface area contributed by atoms with E-state index in [0.717, 1.165) is 22.3 Å². The van der Waals surface area contributed by atoms with Crippen LogP contribution in [0.15, 0.2) is 115 Å². The lowest BCUT2D eigenvalue weighted by Gasteiger charge is -2.16. The van der Waals surface area contributed by atoms with Gasteiger partial charge in [0.05, 0.1) is 6.04 Å². The van der Waals surface area contributed by atoms with Gasteiger partial charge in [0.15, 0.2) is 0 Å². The molecule has 0 aliphatic heterocycles. The van der Waals surface area contributed by atoms with E-state index in [1.165, 1.54) is 24.3 Å². The zero-order chi connectivity index (χ0) is 36.6. The number of primary amides is 1. The highest BCUT2D eigenvalue weighted by Gasteiger charge is 2.12. The maximum Gasteiger partial charge on any atom is 0.234 e. The maximum atomic E-state index is 14.2. The molecule has 0 saturated heterocycles. The van der Waals surface area contributed by atoms with Crippen molar-refractivity contribution in [2.24, 2.45) is 11.5 Å². The number of carbonyl (C=O) groups excluding carboxylic acids is 1. The summed E-state index contributed by atoms with van der Waals surface area (Å²) in [6.45, 7) is 5.91. The quantitative estimate of drug-likeness (QED) is 0.0889. The van der Waals surface area contributed by atoms with Gasteiger partial charge < -0.3 is 31.6 Å². The number of amides is 1. The average Bonchev–Trinajstić information content (AvgIpc) is 3.13. The Morgan fingerprint density at radius 2 is 1.31 bits per heavy atom. The molecule has 2 atom stereocenters. The van der Waals surface area contributed by atoms with Crippen LogP contribution in [0.3, 0.4) is 0 Å². The Hall–Kier alpha value is -5.16. The van der Waals surface area contributed by atoms with Crippen molar-refractivity contribution >= 4 is 5.91 Å². The minimum absolute atomic E-state index is 0.110. The molecule has 5 rings (SSSR count). The minimum atomic E-state index is -0.380. The van der Waals surface area contributed by atoms with Gasteiger partial charge in [0.2, 0.25) is 5.91 Å². The van der Waals surface area contributed by atoms with Gasteiger partial charge in [-0.15, -0.1) is 0 Å². The third-order valence-corrected chi connectivity index (χ3v) is 8.07. The van der Waals surface area contributed by atoms with E-state index < -0.39 is 0 Å². The van der Waals surface area contributed by atoms with Crippen molar-refractivity contribution in [3.63, 3.8) is 0 Å². The number of hydrogen-bond acceptors (Lipinski definition) is 6. The van der Waals surface area contributed by atoms with Crippen molar-refractivity contribution in [1.29, 1.82) is 0 Å². The highest BCUT2D eigenvalue weighted by Crippen LogP contribution is 2.26. The summed E-state index contributed by atoms with van der Waals surface area (Å²) in [7, 11) is 0. The molecule has 1 amide bonds. The first-order valence-corrected chi connectivity index (χ1v) is 16.7. The molecule has 51 heavy (non-hydrogen) atoms. The number of ether oxygens (including phenoxy) is 2. The van der Waals surface area contributed by atoms with E-state index in [0.29, 0.717) is 55.3 Å². The summed E-state index contributed by atoms with van der Waals surface area (Å²) in [5, 5.41) is 6.37. The Labute approximate surface area is 297 Å². The topological polar surface area (TPSA) is 112 Å². The summed E-state index contributed by atoms with van der Waals surface area (Å²) in [5.41, 5.74) is 15.6. The second kappa shape index (κ2) is 19.9. The van der Waals surface area contributed by atoms with Crippen LogP contribution < -0.4 is 31.6 Å². The summed E-state index contributed by atoms with van der Waals surface area (Å²) >= 11 is 0. The number of hydrogen-bond donors (Lipinski definition) is 4. The maximum absolute atomic E-state index is 14.2. The highest BCUT2D eigenvalue weighted by molar-refractivity contribution is 5.79. The first-order chi connectivity index (χ1) is 24.6. The van der Waals surface area contributed by atoms with Crippen LogP contribution in [0.1, 0.15) is 47.2 Å². The van der Waals surface area contributed by atoms with Crippen LogP contribution in [-0.2, 0) is 37.5 Å². The fraction of sp³-hybridized carbons (Fsp3) is 0.244. The van der Waals surface area contributed by atoms with Crippen LogP contribution >= 0.6 is 0 Å². The van der Waals surface area contributed by atoms with Crippen LogP contribution in [0.4, 0.5) is 13.2 Å². The van der Waals surface area contributed by atoms with Gasteiger partial charge in [-0.05, 0) is 84.1 Å². The van der Waals surface area contributed by atoms with E-state index >= 15 is 0 Å². The monoisotopic (exact) mass is 698 g/mol. The Morgan fingerprint density at radius 1 is 0.667 bits per heavy atom. The van der Waals surface area contributed by atoms with Crippen molar-refractivity contribution < 1.29 is 27.4 Å². The summed E-state index contributed by atoms with van der Waals surface area (Å²) in [5.74, 6) is 0.108. The van der Waals surface area contributed by atoms with Gasteiger partial charge in [-0.2, -0.15) is 0 Å². The molecule has 6 N–H and O–H groups in total. The van der Waals surface area contributed by atoms with Crippen LogP contribution in [-0.4, -0.2) is 24.5 Å². The first kappa shape index (κ1) is 38.6. The lowest BCUT2D eigenvalue weighted by atomic mass is 10.0. The molecule has 0 aromatic heterocycles. The Bertz CT molecular complexity index is 1840. The van der Waals surface area contributed by atoms with Gasteiger partial charge in [0, 0.05) is 37.7 Å². The zero-order valence-corrected chi connectivity index (χ0v) is 28.9. The van der Waals surface area contributed by atoms with Crippen LogP contribution in [0, 0.1) is 17.5 Å². The van der Waals surface area contributed by atoms with Crippen molar-refractivity contribution in [1.82, 2.24) is 10.6 Å². The third-order valence-electron chi connectivity index (χ3n) is 8.07. The predicted molar refractivity (Wildman–Crippen MR) is 194 cm³/mol. The van der Waals surface area contributed by atoms with Gasteiger partial charge in [0.1, 0.15) is 42.2 Å². The molecule has 0 saturated carbocycles. The van der Waals surface area contributed by atoms with E-state index in [1.807, 2.05) is 61.5 Å². The lowest BCUT2D eigenvalue weighted by molar-refractivity contribution is -0.119. The molecule has 7 nitrogen and oxygen atoms in total. The smallest absolute Gasteiger partial charge is 0.234 e. The molecule has 0 bridgehead atoms. The van der Waals surface area contributed by atoms with Crippen LogP contribution in [0.2, 0.25) is 0 Å².